The Hall–Kier alpha value is -1.51. The minimum Gasteiger partial charge on any atom is -0.494 e. The van der Waals surface area contributed by atoms with Crippen molar-refractivity contribution >= 4 is 5.91 Å². The van der Waals surface area contributed by atoms with Crippen LogP contribution >= 0.6 is 0 Å². The van der Waals surface area contributed by atoms with E-state index in [1.165, 1.54) is 0 Å². The smallest absolute Gasteiger partial charge is 0.225 e. The van der Waals surface area contributed by atoms with Crippen LogP contribution in [-0.2, 0) is 4.79 Å². The van der Waals surface area contributed by atoms with Gasteiger partial charge < -0.3 is 10.1 Å². The van der Waals surface area contributed by atoms with Crippen LogP contribution in [0.15, 0.2) is 24.3 Å². The number of hydrogen-bond donors (Lipinski definition) is 1. The maximum atomic E-state index is 11.9. The van der Waals surface area contributed by atoms with Gasteiger partial charge in [0, 0.05) is 5.41 Å². The number of carbonyl (C=O) groups is 1. The summed E-state index contributed by atoms with van der Waals surface area (Å²) in [4.78, 5) is 11.9. The maximum absolute atomic E-state index is 11.9. The zero-order valence-corrected chi connectivity index (χ0v) is 11.9. The molecule has 0 aliphatic rings. The second-order valence-corrected chi connectivity index (χ2v) is 5.45. The van der Waals surface area contributed by atoms with Gasteiger partial charge >= 0.3 is 0 Å². The van der Waals surface area contributed by atoms with E-state index in [1.807, 2.05) is 58.9 Å². The molecule has 1 aromatic rings. The molecule has 1 aromatic carbocycles. The zero-order valence-electron chi connectivity index (χ0n) is 11.9. The summed E-state index contributed by atoms with van der Waals surface area (Å²) in [6, 6.07) is 7.83. The molecule has 1 N–H and O–H groups in total. The van der Waals surface area contributed by atoms with Gasteiger partial charge in [-0.1, -0.05) is 32.9 Å². The number of benzene rings is 1. The van der Waals surface area contributed by atoms with Crippen LogP contribution in [0.2, 0.25) is 0 Å². The number of rotatable bonds is 4. The highest BCUT2D eigenvalue weighted by Gasteiger charge is 2.22. The van der Waals surface area contributed by atoms with Crippen LogP contribution in [0.1, 0.15) is 46.2 Å². The van der Waals surface area contributed by atoms with E-state index in [4.69, 9.17) is 4.74 Å². The van der Waals surface area contributed by atoms with Crippen molar-refractivity contribution in [2.24, 2.45) is 5.41 Å². The molecule has 1 rings (SSSR count). The van der Waals surface area contributed by atoms with Gasteiger partial charge in [0.2, 0.25) is 5.91 Å². The average molecular weight is 249 g/mol. The second-order valence-electron chi connectivity index (χ2n) is 5.45. The zero-order chi connectivity index (χ0) is 13.8. The first kappa shape index (κ1) is 14.6. The lowest BCUT2D eigenvalue weighted by atomic mass is 9.94. The van der Waals surface area contributed by atoms with Gasteiger partial charge in [-0.2, -0.15) is 0 Å². The van der Waals surface area contributed by atoms with Crippen molar-refractivity contribution in [1.29, 1.82) is 0 Å². The Labute approximate surface area is 110 Å². The van der Waals surface area contributed by atoms with E-state index in [0.29, 0.717) is 6.61 Å². The fourth-order valence-corrected chi connectivity index (χ4v) is 1.52. The third-order valence-corrected chi connectivity index (χ3v) is 2.72. The SMILES string of the molecule is CCOc1ccc([C@@H](C)NC(=O)C(C)(C)C)cc1. The number of amides is 1. The van der Waals surface area contributed by atoms with Gasteiger partial charge in [-0.25, -0.2) is 0 Å². The predicted molar refractivity (Wildman–Crippen MR) is 73.6 cm³/mol. The Kier molecular flexibility index (Phi) is 4.76. The summed E-state index contributed by atoms with van der Waals surface area (Å²) >= 11 is 0. The Balaban J connectivity index is 2.67. The minimum atomic E-state index is -0.362. The molecule has 0 unspecified atom stereocenters. The molecule has 18 heavy (non-hydrogen) atoms. The number of ether oxygens (including phenoxy) is 1. The third kappa shape index (κ3) is 4.06. The molecule has 100 valence electrons. The van der Waals surface area contributed by atoms with Crippen molar-refractivity contribution in [3.05, 3.63) is 29.8 Å². The Bertz CT molecular complexity index is 390. The molecule has 0 bridgehead atoms. The van der Waals surface area contributed by atoms with Crippen molar-refractivity contribution in [2.45, 2.75) is 40.7 Å². The molecule has 1 atom stereocenters. The van der Waals surface area contributed by atoms with Gasteiger partial charge in [0.25, 0.3) is 0 Å². The molecule has 0 radical (unpaired) electrons. The molecule has 0 saturated heterocycles. The van der Waals surface area contributed by atoms with Gasteiger partial charge in [-0.05, 0) is 31.5 Å². The van der Waals surface area contributed by atoms with Crippen molar-refractivity contribution in [1.82, 2.24) is 5.32 Å². The highest BCUT2D eigenvalue weighted by molar-refractivity contribution is 5.81. The normalized spacial score (nSPS) is 12.9. The molecular weight excluding hydrogens is 226 g/mol. The second kappa shape index (κ2) is 5.89. The quantitative estimate of drug-likeness (QED) is 0.889. The lowest BCUT2D eigenvalue weighted by molar-refractivity contribution is -0.129. The molecule has 3 nitrogen and oxygen atoms in total. The highest BCUT2D eigenvalue weighted by atomic mass is 16.5. The minimum absolute atomic E-state index is 0.00685. The summed E-state index contributed by atoms with van der Waals surface area (Å²) in [5, 5.41) is 3.01. The van der Waals surface area contributed by atoms with Gasteiger partial charge in [-0.3, -0.25) is 4.79 Å². The standard InChI is InChI=1S/C15H23NO2/c1-6-18-13-9-7-12(8-10-13)11(2)16-14(17)15(3,4)5/h7-11H,6H2,1-5H3,(H,16,17)/t11-/m1/s1. The van der Waals surface area contributed by atoms with Gasteiger partial charge in [0.15, 0.2) is 0 Å². The molecule has 0 fully saturated rings. The van der Waals surface area contributed by atoms with Crippen molar-refractivity contribution < 1.29 is 9.53 Å². The fraction of sp³-hybridized carbons (Fsp3) is 0.533. The van der Waals surface area contributed by atoms with Gasteiger partial charge in [-0.15, -0.1) is 0 Å². The van der Waals surface area contributed by atoms with Gasteiger partial charge in [0.05, 0.1) is 12.6 Å². The first-order chi connectivity index (χ1) is 8.34. The predicted octanol–water partition coefficient (Wildman–Crippen LogP) is 3.31. The molecule has 3 heteroatoms. The first-order valence-electron chi connectivity index (χ1n) is 6.38. The monoisotopic (exact) mass is 249 g/mol. The number of nitrogens with one attached hydrogen (secondary N) is 1. The van der Waals surface area contributed by atoms with Crippen molar-refractivity contribution in [3.8, 4) is 5.75 Å². The summed E-state index contributed by atoms with van der Waals surface area (Å²) < 4.78 is 5.39. The molecule has 0 aliphatic heterocycles. The van der Waals surface area contributed by atoms with E-state index in [2.05, 4.69) is 5.32 Å². The van der Waals surface area contributed by atoms with Gasteiger partial charge in [0.1, 0.15) is 5.75 Å². The van der Waals surface area contributed by atoms with Crippen LogP contribution in [-0.4, -0.2) is 12.5 Å². The van der Waals surface area contributed by atoms with Crippen LogP contribution in [0, 0.1) is 5.41 Å². The molecule has 1 amide bonds. The summed E-state index contributed by atoms with van der Waals surface area (Å²) in [6.07, 6.45) is 0. The van der Waals surface area contributed by atoms with E-state index in [9.17, 15) is 4.79 Å². The lowest BCUT2D eigenvalue weighted by Gasteiger charge is -2.22. The third-order valence-electron chi connectivity index (χ3n) is 2.72. The summed E-state index contributed by atoms with van der Waals surface area (Å²) in [7, 11) is 0. The average Bonchev–Trinajstić information content (AvgIpc) is 2.29. The maximum Gasteiger partial charge on any atom is 0.225 e. The van der Waals surface area contributed by atoms with E-state index >= 15 is 0 Å². The Morgan fingerprint density at radius 1 is 1.28 bits per heavy atom. The van der Waals surface area contributed by atoms with Crippen LogP contribution in [0.25, 0.3) is 0 Å². The largest absolute Gasteiger partial charge is 0.494 e. The fourth-order valence-electron chi connectivity index (χ4n) is 1.52. The molecule has 0 aliphatic carbocycles. The topological polar surface area (TPSA) is 38.3 Å². The first-order valence-corrected chi connectivity index (χ1v) is 6.38. The molecule has 0 saturated carbocycles. The molecule has 0 heterocycles. The molecule has 0 aromatic heterocycles. The summed E-state index contributed by atoms with van der Waals surface area (Å²) in [6.45, 7) is 10.3. The number of carbonyl (C=O) groups excluding carboxylic acids is 1. The van der Waals surface area contributed by atoms with Crippen LogP contribution in [0.3, 0.4) is 0 Å². The van der Waals surface area contributed by atoms with E-state index in [1.54, 1.807) is 0 Å². The summed E-state index contributed by atoms with van der Waals surface area (Å²) in [5.41, 5.74) is 0.718. The Morgan fingerprint density at radius 2 is 1.83 bits per heavy atom. The van der Waals surface area contributed by atoms with Crippen molar-refractivity contribution in [3.63, 3.8) is 0 Å². The lowest BCUT2D eigenvalue weighted by Crippen LogP contribution is -2.36. The molecule has 0 spiro atoms. The Morgan fingerprint density at radius 3 is 2.28 bits per heavy atom. The van der Waals surface area contributed by atoms with Crippen LogP contribution in [0.5, 0.6) is 5.75 Å². The van der Waals surface area contributed by atoms with E-state index < -0.39 is 0 Å². The van der Waals surface area contributed by atoms with Crippen LogP contribution < -0.4 is 10.1 Å². The van der Waals surface area contributed by atoms with Crippen LogP contribution in [0.4, 0.5) is 0 Å². The van der Waals surface area contributed by atoms with Crippen molar-refractivity contribution in [2.75, 3.05) is 6.61 Å². The number of hydrogen-bond acceptors (Lipinski definition) is 2. The van der Waals surface area contributed by atoms with E-state index in [-0.39, 0.29) is 17.4 Å². The summed E-state index contributed by atoms with van der Waals surface area (Å²) in [5.74, 6) is 0.916. The molecular formula is C15H23NO2. The van der Waals surface area contributed by atoms with E-state index in [0.717, 1.165) is 11.3 Å². The highest BCUT2D eigenvalue weighted by Crippen LogP contribution is 2.20.